The van der Waals surface area contributed by atoms with Crippen molar-refractivity contribution >= 4 is 39.7 Å². The monoisotopic (exact) mass is 440 g/mol. The van der Waals surface area contributed by atoms with E-state index in [1.165, 1.54) is 12.1 Å². The van der Waals surface area contributed by atoms with Crippen LogP contribution in [0.2, 0.25) is 0 Å². The number of alkyl halides is 3. The molecule has 0 spiro atoms. The maximum absolute atomic E-state index is 13.1. The van der Waals surface area contributed by atoms with Gasteiger partial charge in [-0.1, -0.05) is 15.9 Å². The third-order valence-electron chi connectivity index (χ3n) is 3.99. The summed E-state index contributed by atoms with van der Waals surface area (Å²) in [6.45, 7) is 3.31. The summed E-state index contributed by atoms with van der Waals surface area (Å²) in [5.41, 5.74) is 1.10. The average molecular weight is 442 g/mol. The van der Waals surface area contributed by atoms with E-state index in [-0.39, 0.29) is 18.4 Å². The van der Waals surface area contributed by atoms with Crippen molar-refractivity contribution in [3.8, 4) is 0 Å². The second-order valence-corrected chi connectivity index (χ2v) is 7.11. The number of thiophene rings is 1. The first-order chi connectivity index (χ1) is 11.0. The van der Waals surface area contributed by atoms with Crippen LogP contribution in [0.15, 0.2) is 39.5 Å². The highest BCUT2D eigenvalue weighted by Gasteiger charge is 2.33. The highest BCUT2D eigenvalue weighted by Crippen LogP contribution is 2.38. The number of hydrogen-bond donors (Lipinski definition) is 1. The van der Waals surface area contributed by atoms with E-state index in [0.29, 0.717) is 10.0 Å². The van der Waals surface area contributed by atoms with Crippen LogP contribution in [0, 0.1) is 0 Å². The van der Waals surface area contributed by atoms with E-state index in [1.54, 1.807) is 11.3 Å². The fourth-order valence-corrected chi connectivity index (χ4v) is 4.03. The standard InChI is InChI=1S/C16H16BrF3N2S.ClH/c17-14-2-1-12(16(18,19)20)9-13(14)15(11-3-8-23-10-11)22-6-4-21-5-7-22;/h1-3,8-10,15,21H,4-7H2;1H/t15-;/m0./s1. The molecule has 1 aromatic carbocycles. The first-order valence-electron chi connectivity index (χ1n) is 7.30. The van der Waals surface area contributed by atoms with Crippen LogP contribution in [0.1, 0.15) is 22.7 Å². The molecule has 8 heteroatoms. The topological polar surface area (TPSA) is 15.3 Å². The van der Waals surface area contributed by atoms with Gasteiger partial charge in [-0.25, -0.2) is 0 Å². The normalized spacial score (nSPS) is 17.3. The first kappa shape index (κ1) is 19.7. The highest BCUT2D eigenvalue weighted by molar-refractivity contribution is 9.10. The summed E-state index contributed by atoms with van der Waals surface area (Å²) in [4.78, 5) is 2.23. The van der Waals surface area contributed by atoms with Crippen molar-refractivity contribution in [3.05, 3.63) is 56.2 Å². The third-order valence-corrected chi connectivity index (χ3v) is 5.42. The van der Waals surface area contributed by atoms with Gasteiger partial charge in [0.25, 0.3) is 0 Å². The average Bonchev–Trinajstić information content (AvgIpc) is 3.03. The molecule has 0 bridgehead atoms. The molecule has 1 aromatic heterocycles. The smallest absolute Gasteiger partial charge is 0.314 e. The molecule has 0 amide bonds. The second kappa shape index (κ2) is 8.19. The van der Waals surface area contributed by atoms with Gasteiger partial charge in [-0.3, -0.25) is 4.90 Å². The maximum Gasteiger partial charge on any atom is 0.416 e. The van der Waals surface area contributed by atoms with Gasteiger partial charge in [-0.2, -0.15) is 24.5 Å². The molecule has 1 atom stereocenters. The van der Waals surface area contributed by atoms with Crippen molar-refractivity contribution in [2.75, 3.05) is 26.2 Å². The highest BCUT2D eigenvalue weighted by atomic mass is 79.9. The van der Waals surface area contributed by atoms with Crippen LogP contribution in [0.3, 0.4) is 0 Å². The van der Waals surface area contributed by atoms with Gasteiger partial charge in [0.05, 0.1) is 11.6 Å². The molecule has 1 N–H and O–H groups in total. The van der Waals surface area contributed by atoms with Crippen molar-refractivity contribution in [3.63, 3.8) is 0 Å². The molecule has 2 heterocycles. The molecule has 3 rings (SSSR count). The van der Waals surface area contributed by atoms with Crippen LogP contribution in [0.4, 0.5) is 13.2 Å². The lowest BCUT2D eigenvalue weighted by Crippen LogP contribution is -2.45. The molecular weight excluding hydrogens is 425 g/mol. The number of halogens is 5. The van der Waals surface area contributed by atoms with Crippen molar-refractivity contribution in [2.45, 2.75) is 12.2 Å². The van der Waals surface area contributed by atoms with Crippen LogP contribution in [-0.2, 0) is 6.18 Å². The molecule has 24 heavy (non-hydrogen) atoms. The number of nitrogens with zero attached hydrogens (tertiary/aromatic N) is 1. The van der Waals surface area contributed by atoms with E-state index in [0.717, 1.165) is 37.8 Å². The Morgan fingerprint density at radius 3 is 2.46 bits per heavy atom. The van der Waals surface area contributed by atoms with Gasteiger partial charge in [0.1, 0.15) is 0 Å². The van der Waals surface area contributed by atoms with Gasteiger partial charge in [-0.05, 0) is 46.2 Å². The second-order valence-electron chi connectivity index (χ2n) is 5.48. The Bertz CT molecular complexity index is 658. The van der Waals surface area contributed by atoms with Gasteiger partial charge in [-0.15, -0.1) is 12.4 Å². The van der Waals surface area contributed by atoms with E-state index >= 15 is 0 Å². The Hall–Kier alpha value is -0.600. The van der Waals surface area contributed by atoms with Crippen molar-refractivity contribution < 1.29 is 13.2 Å². The molecule has 1 aliphatic rings. The lowest BCUT2D eigenvalue weighted by Gasteiger charge is -2.35. The van der Waals surface area contributed by atoms with Crippen LogP contribution >= 0.6 is 39.7 Å². The van der Waals surface area contributed by atoms with E-state index in [1.807, 2.05) is 16.8 Å². The Balaban J connectivity index is 0.00000208. The molecule has 2 nitrogen and oxygen atoms in total. The molecular formula is C16H17BrClF3N2S. The first-order valence-corrected chi connectivity index (χ1v) is 9.04. The summed E-state index contributed by atoms with van der Waals surface area (Å²) in [5.74, 6) is 0. The Morgan fingerprint density at radius 2 is 1.88 bits per heavy atom. The van der Waals surface area contributed by atoms with E-state index in [2.05, 4.69) is 26.1 Å². The van der Waals surface area contributed by atoms with E-state index in [9.17, 15) is 13.2 Å². The Morgan fingerprint density at radius 1 is 1.17 bits per heavy atom. The van der Waals surface area contributed by atoms with Crippen molar-refractivity contribution in [1.29, 1.82) is 0 Å². The molecule has 1 saturated heterocycles. The summed E-state index contributed by atoms with van der Waals surface area (Å²) in [5, 5.41) is 7.26. The van der Waals surface area contributed by atoms with Gasteiger partial charge in [0.15, 0.2) is 0 Å². The minimum atomic E-state index is -4.34. The minimum absolute atomic E-state index is 0. The summed E-state index contributed by atoms with van der Waals surface area (Å²) >= 11 is 5.01. The molecule has 0 saturated carbocycles. The number of piperazine rings is 1. The quantitative estimate of drug-likeness (QED) is 0.725. The zero-order chi connectivity index (χ0) is 16.4. The SMILES string of the molecule is Cl.FC(F)(F)c1ccc(Br)c([C@H](c2ccsc2)N2CCNCC2)c1. The summed E-state index contributed by atoms with van der Waals surface area (Å²) < 4.78 is 40.0. The van der Waals surface area contributed by atoms with Gasteiger partial charge >= 0.3 is 6.18 Å². The predicted molar refractivity (Wildman–Crippen MR) is 97.0 cm³/mol. The van der Waals surface area contributed by atoms with E-state index in [4.69, 9.17) is 0 Å². The molecule has 0 unspecified atom stereocenters. The van der Waals surface area contributed by atoms with Crippen LogP contribution in [-0.4, -0.2) is 31.1 Å². The Labute approximate surface area is 157 Å². The number of nitrogens with one attached hydrogen (secondary N) is 1. The minimum Gasteiger partial charge on any atom is -0.314 e. The zero-order valence-electron chi connectivity index (χ0n) is 12.6. The fraction of sp³-hybridized carbons (Fsp3) is 0.375. The predicted octanol–water partition coefficient (Wildman–Crippen LogP) is 4.95. The third kappa shape index (κ3) is 4.32. The maximum atomic E-state index is 13.1. The van der Waals surface area contributed by atoms with Crippen molar-refractivity contribution in [1.82, 2.24) is 10.2 Å². The fourth-order valence-electron chi connectivity index (χ4n) is 2.89. The largest absolute Gasteiger partial charge is 0.416 e. The van der Waals surface area contributed by atoms with Gasteiger partial charge in [0.2, 0.25) is 0 Å². The lowest BCUT2D eigenvalue weighted by molar-refractivity contribution is -0.137. The van der Waals surface area contributed by atoms with Crippen molar-refractivity contribution in [2.24, 2.45) is 0 Å². The molecule has 1 aliphatic heterocycles. The number of hydrogen-bond acceptors (Lipinski definition) is 3. The summed E-state index contributed by atoms with van der Waals surface area (Å²) in [6, 6.07) is 5.72. The Kier molecular flexibility index (Phi) is 6.73. The number of benzene rings is 1. The van der Waals surface area contributed by atoms with Crippen LogP contribution < -0.4 is 5.32 Å². The van der Waals surface area contributed by atoms with E-state index < -0.39 is 11.7 Å². The molecule has 0 radical (unpaired) electrons. The van der Waals surface area contributed by atoms with Gasteiger partial charge < -0.3 is 5.32 Å². The zero-order valence-corrected chi connectivity index (χ0v) is 15.9. The summed E-state index contributed by atoms with van der Waals surface area (Å²) in [6.07, 6.45) is -4.34. The van der Waals surface area contributed by atoms with Gasteiger partial charge in [0, 0.05) is 30.7 Å². The molecule has 2 aromatic rings. The molecule has 1 fully saturated rings. The summed E-state index contributed by atoms with van der Waals surface area (Å²) in [7, 11) is 0. The van der Waals surface area contributed by atoms with Crippen LogP contribution in [0.25, 0.3) is 0 Å². The van der Waals surface area contributed by atoms with Crippen LogP contribution in [0.5, 0.6) is 0 Å². The molecule has 0 aliphatic carbocycles. The molecule has 132 valence electrons. The number of rotatable bonds is 3. The lowest BCUT2D eigenvalue weighted by atomic mass is 9.97.